The number of thiophene rings is 1. The lowest BCUT2D eigenvalue weighted by Gasteiger charge is -2.35. The molecule has 0 saturated carbocycles. The summed E-state index contributed by atoms with van der Waals surface area (Å²) >= 11 is 13.2. The Labute approximate surface area is 157 Å². The summed E-state index contributed by atoms with van der Waals surface area (Å²) in [7, 11) is 0. The van der Waals surface area contributed by atoms with Crippen molar-refractivity contribution in [1.82, 2.24) is 16.0 Å². The Morgan fingerprint density at radius 1 is 1.28 bits per heavy atom. The minimum atomic E-state index is -1.49. The Balaban J connectivity index is 1.83. The predicted octanol–water partition coefficient (Wildman–Crippen LogP) is 2.64. The van der Waals surface area contributed by atoms with Crippen molar-refractivity contribution in [2.24, 2.45) is 0 Å². The molecule has 0 aliphatic carbocycles. The van der Waals surface area contributed by atoms with Crippen LogP contribution in [0.2, 0.25) is 10.0 Å². The van der Waals surface area contributed by atoms with Gasteiger partial charge in [0.25, 0.3) is 11.8 Å². The molecule has 25 heavy (non-hydrogen) atoms. The molecule has 1 unspecified atom stereocenters. The van der Waals surface area contributed by atoms with Gasteiger partial charge in [-0.3, -0.25) is 9.59 Å². The molecule has 1 aromatic heterocycles. The molecule has 1 aromatic carbocycles. The molecular formula is C16H13Cl2N3O3S. The van der Waals surface area contributed by atoms with Gasteiger partial charge < -0.3 is 21.1 Å². The largest absolute Gasteiger partial charge is 0.502 e. The van der Waals surface area contributed by atoms with Crippen LogP contribution in [-0.4, -0.2) is 16.9 Å². The summed E-state index contributed by atoms with van der Waals surface area (Å²) in [5, 5.41) is 20.1. The molecule has 1 aliphatic rings. The molecule has 0 spiro atoms. The van der Waals surface area contributed by atoms with Crippen LogP contribution in [0.3, 0.4) is 0 Å². The first-order valence-corrected chi connectivity index (χ1v) is 8.81. The minimum Gasteiger partial charge on any atom is -0.502 e. The molecule has 2 amide bonds. The highest BCUT2D eigenvalue weighted by molar-refractivity contribution is 7.10. The lowest BCUT2D eigenvalue weighted by molar-refractivity contribution is -0.135. The van der Waals surface area contributed by atoms with Crippen LogP contribution in [-0.2, 0) is 21.8 Å². The van der Waals surface area contributed by atoms with Gasteiger partial charge >= 0.3 is 0 Å². The fraction of sp³-hybridized carbons (Fsp3) is 0.125. The first kappa shape index (κ1) is 17.6. The maximum atomic E-state index is 12.8. The Bertz CT molecular complexity index is 854. The van der Waals surface area contributed by atoms with Gasteiger partial charge in [-0.25, -0.2) is 0 Å². The van der Waals surface area contributed by atoms with Gasteiger partial charge in [-0.1, -0.05) is 35.3 Å². The maximum absolute atomic E-state index is 12.8. The van der Waals surface area contributed by atoms with Crippen LogP contribution in [0.5, 0.6) is 0 Å². The Morgan fingerprint density at radius 2 is 2.08 bits per heavy atom. The van der Waals surface area contributed by atoms with E-state index in [1.165, 1.54) is 11.3 Å². The number of rotatable bonds is 4. The van der Waals surface area contributed by atoms with Gasteiger partial charge in [0.05, 0.1) is 14.9 Å². The van der Waals surface area contributed by atoms with Crippen molar-refractivity contribution in [2.45, 2.75) is 12.2 Å². The van der Waals surface area contributed by atoms with Gasteiger partial charge in [-0.2, -0.15) is 0 Å². The average molecular weight is 398 g/mol. The number of nitrogens with one attached hydrogen (secondary N) is 3. The van der Waals surface area contributed by atoms with Gasteiger partial charge in [-0.15, -0.1) is 11.3 Å². The Hall–Kier alpha value is -2.22. The zero-order valence-electron chi connectivity index (χ0n) is 12.7. The molecule has 130 valence electrons. The summed E-state index contributed by atoms with van der Waals surface area (Å²) in [5.41, 5.74) is -0.738. The summed E-state index contributed by atoms with van der Waals surface area (Å²) < 4.78 is 0. The molecule has 0 bridgehead atoms. The number of aliphatic hydroxyl groups is 1. The normalized spacial score (nSPS) is 19.6. The average Bonchev–Trinajstić information content (AvgIpc) is 3.13. The van der Waals surface area contributed by atoms with E-state index < -0.39 is 23.2 Å². The predicted molar refractivity (Wildman–Crippen MR) is 96.3 cm³/mol. The van der Waals surface area contributed by atoms with E-state index in [9.17, 15) is 14.7 Å². The lowest BCUT2D eigenvalue weighted by Crippen LogP contribution is -2.65. The molecule has 6 nitrogen and oxygen atoms in total. The molecule has 2 heterocycles. The molecule has 0 fully saturated rings. The molecule has 0 saturated heterocycles. The van der Waals surface area contributed by atoms with E-state index >= 15 is 0 Å². The van der Waals surface area contributed by atoms with E-state index in [0.717, 1.165) is 11.8 Å². The van der Waals surface area contributed by atoms with E-state index in [2.05, 4.69) is 16.0 Å². The number of amides is 2. The maximum Gasteiger partial charge on any atom is 0.290 e. The fourth-order valence-corrected chi connectivity index (χ4v) is 3.50. The minimum absolute atomic E-state index is 0.191. The van der Waals surface area contributed by atoms with Crippen molar-refractivity contribution >= 4 is 46.4 Å². The van der Waals surface area contributed by atoms with Crippen LogP contribution in [0, 0.1) is 0 Å². The number of carbonyl (C=O) groups is 2. The Morgan fingerprint density at radius 3 is 2.72 bits per heavy atom. The van der Waals surface area contributed by atoms with E-state index in [-0.39, 0.29) is 6.54 Å². The summed E-state index contributed by atoms with van der Waals surface area (Å²) in [6.07, 6.45) is 1.11. The van der Waals surface area contributed by atoms with Crippen molar-refractivity contribution < 1.29 is 14.7 Å². The number of benzene rings is 1. The number of aliphatic hydroxyl groups excluding tert-OH is 1. The number of carbonyl (C=O) groups excluding carboxylic acids is 2. The third-order valence-corrected chi connectivity index (χ3v) is 5.36. The van der Waals surface area contributed by atoms with Crippen molar-refractivity contribution in [3.05, 3.63) is 68.2 Å². The quantitative estimate of drug-likeness (QED) is 0.638. The highest BCUT2D eigenvalue weighted by Crippen LogP contribution is 2.27. The van der Waals surface area contributed by atoms with Crippen LogP contribution in [0.4, 0.5) is 0 Å². The molecule has 1 atom stereocenters. The number of halogens is 2. The first-order chi connectivity index (χ1) is 11.9. The van der Waals surface area contributed by atoms with E-state index in [0.29, 0.717) is 14.9 Å². The van der Waals surface area contributed by atoms with E-state index in [1.807, 2.05) is 0 Å². The standard InChI is InChI=1S/C16H13Cl2N3O3S/c17-10-4-3-9(6-11(10)18)7-19-15(24)16(13-2-1-5-25-13)20-8-12(22)14(23)21-16/h1-6,8,20,22H,7H2,(H,19,24)(H,21,23). The van der Waals surface area contributed by atoms with Gasteiger partial charge in [0.2, 0.25) is 5.66 Å². The Kier molecular flexibility index (Phi) is 4.89. The van der Waals surface area contributed by atoms with Gasteiger partial charge in [0.15, 0.2) is 5.76 Å². The van der Waals surface area contributed by atoms with Gasteiger partial charge in [-0.05, 0) is 29.1 Å². The second kappa shape index (κ2) is 6.95. The number of hydrogen-bond donors (Lipinski definition) is 4. The van der Waals surface area contributed by atoms with E-state index in [4.69, 9.17) is 23.2 Å². The smallest absolute Gasteiger partial charge is 0.290 e. The molecule has 0 radical (unpaired) electrons. The molecule has 9 heteroatoms. The number of hydrogen-bond acceptors (Lipinski definition) is 5. The van der Waals surface area contributed by atoms with Crippen LogP contribution < -0.4 is 16.0 Å². The summed E-state index contributed by atoms with van der Waals surface area (Å²) in [6, 6.07) is 8.51. The molecule has 1 aliphatic heterocycles. The SMILES string of the molecule is O=C1NC(C(=O)NCc2ccc(Cl)c(Cl)c2)(c2cccs2)NC=C1O. The zero-order valence-corrected chi connectivity index (χ0v) is 15.0. The molecular weight excluding hydrogens is 385 g/mol. The topological polar surface area (TPSA) is 90.5 Å². The van der Waals surface area contributed by atoms with Crippen LogP contribution >= 0.6 is 34.5 Å². The third kappa shape index (κ3) is 3.44. The fourth-order valence-electron chi connectivity index (χ4n) is 2.34. The van der Waals surface area contributed by atoms with Gasteiger partial charge in [0, 0.05) is 12.7 Å². The highest BCUT2D eigenvalue weighted by Gasteiger charge is 2.45. The molecule has 2 aromatic rings. The zero-order chi connectivity index (χ0) is 18.0. The van der Waals surface area contributed by atoms with Gasteiger partial charge in [0.1, 0.15) is 0 Å². The monoisotopic (exact) mass is 397 g/mol. The second-order valence-electron chi connectivity index (χ2n) is 5.29. The summed E-state index contributed by atoms with van der Waals surface area (Å²) in [4.78, 5) is 25.3. The third-order valence-electron chi connectivity index (χ3n) is 3.63. The first-order valence-electron chi connectivity index (χ1n) is 7.18. The van der Waals surface area contributed by atoms with Crippen molar-refractivity contribution in [3.8, 4) is 0 Å². The molecule has 3 rings (SSSR count). The summed E-state index contributed by atoms with van der Waals surface area (Å²) in [6.45, 7) is 0.191. The van der Waals surface area contributed by atoms with Crippen LogP contribution in [0.15, 0.2) is 47.7 Å². The van der Waals surface area contributed by atoms with Crippen molar-refractivity contribution in [1.29, 1.82) is 0 Å². The van der Waals surface area contributed by atoms with Crippen molar-refractivity contribution in [3.63, 3.8) is 0 Å². The highest BCUT2D eigenvalue weighted by atomic mass is 35.5. The lowest BCUT2D eigenvalue weighted by atomic mass is 10.0. The summed E-state index contributed by atoms with van der Waals surface area (Å²) in [5.74, 6) is -1.71. The second-order valence-corrected chi connectivity index (χ2v) is 7.05. The van der Waals surface area contributed by atoms with Crippen LogP contribution in [0.25, 0.3) is 0 Å². The molecule has 4 N–H and O–H groups in total. The van der Waals surface area contributed by atoms with Crippen molar-refractivity contribution in [2.75, 3.05) is 0 Å². The van der Waals surface area contributed by atoms with E-state index in [1.54, 1.807) is 35.7 Å². The van der Waals surface area contributed by atoms with Crippen LogP contribution in [0.1, 0.15) is 10.4 Å².